The second-order valence-corrected chi connectivity index (χ2v) is 5.84. The van der Waals surface area contributed by atoms with Crippen molar-refractivity contribution in [3.05, 3.63) is 42.7 Å². The van der Waals surface area contributed by atoms with Gasteiger partial charge in [0, 0.05) is 31.5 Å². The van der Waals surface area contributed by atoms with Crippen LogP contribution in [0, 0.1) is 0 Å². The molecule has 1 aromatic heterocycles. The number of carbonyl (C=O) groups excluding carboxylic acids is 1. The molecule has 1 N–H and O–H groups in total. The van der Waals surface area contributed by atoms with Crippen LogP contribution >= 0.6 is 0 Å². The minimum Gasteiger partial charge on any atom is -0.493 e. The summed E-state index contributed by atoms with van der Waals surface area (Å²) in [6.07, 6.45) is 5.37. The van der Waals surface area contributed by atoms with Gasteiger partial charge in [0.2, 0.25) is 5.95 Å². The van der Waals surface area contributed by atoms with Gasteiger partial charge in [-0.25, -0.2) is 9.97 Å². The Morgan fingerprint density at radius 3 is 2.76 bits per heavy atom. The molecule has 7 heteroatoms. The van der Waals surface area contributed by atoms with Gasteiger partial charge in [0.05, 0.1) is 7.11 Å². The molecule has 2 heterocycles. The van der Waals surface area contributed by atoms with E-state index in [1.165, 1.54) is 0 Å². The maximum Gasteiger partial charge on any atom is 0.258 e. The van der Waals surface area contributed by atoms with Gasteiger partial charge in [0.1, 0.15) is 0 Å². The first-order valence-electron chi connectivity index (χ1n) is 8.33. The predicted molar refractivity (Wildman–Crippen MR) is 93.9 cm³/mol. The Hall–Kier alpha value is -2.83. The van der Waals surface area contributed by atoms with Crippen molar-refractivity contribution in [2.45, 2.75) is 18.9 Å². The lowest BCUT2D eigenvalue weighted by atomic mass is 10.1. The number of piperidine rings is 1. The molecular weight excluding hydrogens is 320 g/mol. The summed E-state index contributed by atoms with van der Waals surface area (Å²) in [6, 6.07) is 9.13. The summed E-state index contributed by atoms with van der Waals surface area (Å²) in [5.41, 5.74) is 0. The first-order chi connectivity index (χ1) is 12.3. The number of amides is 1. The molecule has 7 nitrogen and oxygen atoms in total. The van der Waals surface area contributed by atoms with E-state index < -0.39 is 0 Å². The predicted octanol–water partition coefficient (Wildman–Crippen LogP) is 1.65. The standard InChI is InChI=1S/C18H22N4O3/c1-24-15-7-2-3-8-16(15)25-13-17(23)21-14-6-4-11-22(12-14)18-19-9-5-10-20-18/h2-3,5,7-10,14H,4,6,11-13H2,1H3,(H,21,23). The van der Waals surface area contributed by atoms with E-state index in [-0.39, 0.29) is 18.6 Å². The zero-order chi connectivity index (χ0) is 17.5. The molecule has 1 atom stereocenters. The smallest absolute Gasteiger partial charge is 0.258 e. The molecule has 0 radical (unpaired) electrons. The topological polar surface area (TPSA) is 76.6 Å². The van der Waals surface area contributed by atoms with Crippen LogP contribution in [-0.2, 0) is 4.79 Å². The highest BCUT2D eigenvalue weighted by molar-refractivity contribution is 5.78. The van der Waals surface area contributed by atoms with Crippen LogP contribution in [0.4, 0.5) is 5.95 Å². The van der Waals surface area contributed by atoms with Crippen LogP contribution in [-0.4, -0.2) is 48.7 Å². The number of nitrogens with zero attached hydrogens (tertiary/aromatic N) is 3. The summed E-state index contributed by atoms with van der Waals surface area (Å²) in [7, 11) is 1.57. The van der Waals surface area contributed by atoms with E-state index in [9.17, 15) is 4.79 Å². The molecule has 1 aliphatic heterocycles. The molecule has 1 amide bonds. The normalized spacial score (nSPS) is 17.0. The van der Waals surface area contributed by atoms with Crippen LogP contribution in [0.5, 0.6) is 11.5 Å². The van der Waals surface area contributed by atoms with E-state index in [0.717, 1.165) is 19.4 Å². The van der Waals surface area contributed by atoms with Crippen molar-refractivity contribution in [2.24, 2.45) is 0 Å². The van der Waals surface area contributed by atoms with E-state index in [1.54, 1.807) is 37.7 Å². The van der Waals surface area contributed by atoms with Crippen molar-refractivity contribution in [1.29, 1.82) is 0 Å². The Balaban J connectivity index is 1.51. The Kier molecular flexibility index (Phi) is 5.66. The fourth-order valence-corrected chi connectivity index (χ4v) is 2.88. The van der Waals surface area contributed by atoms with Crippen molar-refractivity contribution in [3.8, 4) is 11.5 Å². The van der Waals surface area contributed by atoms with Crippen LogP contribution in [0.1, 0.15) is 12.8 Å². The van der Waals surface area contributed by atoms with Crippen molar-refractivity contribution < 1.29 is 14.3 Å². The highest BCUT2D eigenvalue weighted by atomic mass is 16.5. The Morgan fingerprint density at radius 2 is 2.00 bits per heavy atom. The number of ether oxygens (including phenoxy) is 2. The van der Waals surface area contributed by atoms with Crippen molar-refractivity contribution >= 4 is 11.9 Å². The van der Waals surface area contributed by atoms with Gasteiger partial charge in [-0.05, 0) is 31.0 Å². The molecule has 0 aliphatic carbocycles. The van der Waals surface area contributed by atoms with Gasteiger partial charge in [0.15, 0.2) is 18.1 Å². The van der Waals surface area contributed by atoms with E-state index in [4.69, 9.17) is 9.47 Å². The van der Waals surface area contributed by atoms with Crippen molar-refractivity contribution in [2.75, 3.05) is 31.7 Å². The van der Waals surface area contributed by atoms with Crippen molar-refractivity contribution in [1.82, 2.24) is 15.3 Å². The molecule has 1 fully saturated rings. The van der Waals surface area contributed by atoms with Crippen LogP contribution in [0.3, 0.4) is 0 Å². The lowest BCUT2D eigenvalue weighted by molar-refractivity contribution is -0.123. The van der Waals surface area contributed by atoms with Gasteiger partial charge >= 0.3 is 0 Å². The number of anilines is 1. The second kappa shape index (κ2) is 8.32. The average Bonchev–Trinajstić information content (AvgIpc) is 2.67. The van der Waals surface area contributed by atoms with Gasteiger partial charge < -0.3 is 19.7 Å². The Labute approximate surface area is 147 Å². The number of hydrogen-bond donors (Lipinski definition) is 1. The highest BCUT2D eigenvalue weighted by Crippen LogP contribution is 2.25. The minimum absolute atomic E-state index is 0.0429. The molecule has 1 aliphatic rings. The third-order valence-electron chi connectivity index (χ3n) is 4.05. The number of benzene rings is 1. The summed E-state index contributed by atoms with van der Waals surface area (Å²) < 4.78 is 10.8. The molecule has 1 saturated heterocycles. The Bertz CT molecular complexity index is 696. The van der Waals surface area contributed by atoms with Crippen LogP contribution in [0.2, 0.25) is 0 Å². The average molecular weight is 342 g/mol. The van der Waals surface area contributed by atoms with Gasteiger partial charge in [-0.3, -0.25) is 4.79 Å². The van der Waals surface area contributed by atoms with Crippen molar-refractivity contribution in [3.63, 3.8) is 0 Å². The molecule has 1 unspecified atom stereocenters. The molecule has 0 bridgehead atoms. The number of rotatable bonds is 6. The van der Waals surface area contributed by atoms with Gasteiger partial charge in [-0.2, -0.15) is 0 Å². The van der Waals surface area contributed by atoms with E-state index in [0.29, 0.717) is 24.0 Å². The summed E-state index contributed by atoms with van der Waals surface area (Å²) in [5, 5.41) is 3.02. The van der Waals surface area contributed by atoms with E-state index in [2.05, 4.69) is 20.2 Å². The first-order valence-corrected chi connectivity index (χ1v) is 8.33. The molecule has 132 valence electrons. The maximum atomic E-state index is 12.2. The zero-order valence-corrected chi connectivity index (χ0v) is 14.2. The number of aromatic nitrogens is 2. The Morgan fingerprint density at radius 1 is 1.24 bits per heavy atom. The molecule has 1 aromatic carbocycles. The van der Waals surface area contributed by atoms with Gasteiger partial charge in [-0.1, -0.05) is 12.1 Å². The maximum absolute atomic E-state index is 12.2. The van der Waals surface area contributed by atoms with E-state index >= 15 is 0 Å². The molecule has 25 heavy (non-hydrogen) atoms. The summed E-state index contributed by atoms with van der Waals surface area (Å²) >= 11 is 0. The number of carbonyl (C=O) groups is 1. The summed E-state index contributed by atoms with van der Waals surface area (Å²) in [6.45, 7) is 1.55. The number of nitrogens with one attached hydrogen (secondary N) is 1. The fraction of sp³-hybridized carbons (Fsp3) is 0.389. The second-order valence-electron chi connectivity index (χ2n) is 5.84. The number of methoxy groups -OCH3 is 1. The van der Waals surface area contributed by atoms with Gasteiger partial charge in [0.25, 0.3) is 5.91 Å². The molecular formula is C18H22N4O3. The highest BCUT2D eigenvalue weighted by Gasteiger charge is 2.23. The zero-order valence-electron chi connectivity index (χ0n) is 14.2. The van der Waals surface area contributed by atoms with Crippen LogP contribution in [0.25, 0.3) is 0 Å². The quantitative estimate of drug-likeness (QED) is 0.860. The number of hydrogen-bond acceptors (Lipinski definition) is 6. The monoisotopic (exact) mass is 342 g/mol. The van der Waals surface area contributed by atoms with E-state index in [1.807, 2.05) is 12.1 Å². The van der Waals surface area contributed by atoms with Gasteiger partial charge in [-0.15, -0.1) is 0 Å². The van der Waals surface area contributed by atoms with Crippen LogP contribution < -0.4 is 19.7 Å². The molecule has 2 aromatic rings. The lowest BCUT2D eigenvalue weighted by Gasteiger charge is -2.33. The molecule has 0 spiro atoms. The SMILES string of the molecule is COc1ccccc1OCC(=O)NC1CCCN(c2ncccn2)C1. The fourth-order valence-electron chi connectivity index (χ4n) is 2.88. The first kappa shape index (κ1) is 17.0. The minimum atomic E-state index is -0.147. The third-order valence-corrected chi connectivity index (χ3v) is 4.05. The molecule has 0 saturated carbocycles. The largest absolute Gasteiger partial charge is 0.493 e. The summed E-state index contributed by atoms with van der Waals surface area (Å²) in [4.78, 5) is 22.8. The van der Waals surface area contributed by atoms with Crippen LogP contribution in [0.15, 0.2) is 42.7 Å². The lowest BCUT2D eigenvalue weighted by Crippen LogP contribution is -2.49. The third kappa shape index (κ3) is 4.59. The molecule has 3 rings (SSSR count). The number of para-hydroxylation sites is 2. The summed E-state index contributed by atoms with van der Waals surface area (Å²) in [5.74, 6) is 1.72.